The first-order valence-electron chi connectivity index (χ1n) is 13.9. The van der Waals surface area contributed by atoms with Gasteiger partial charge in [0.2, 0.25) is 10.6 Å². The second-order valence-electron chi connectivity index (χ2n) is 10.2. The second kappa shape index (κ2) is 15.6. The first kappa shape index (κ1) is 31.3. The smallest absolute Gasteiger partial charge is 0.225 e. The van der Waals surface area contributed by atoms with Crippen LogP contribution in [0.25, 0.3) is 11.2 Å². The lowest BCUT2D eigenvalue weighted by molar-refractivity contribution is 0.0371. The molecule has 3 aromatic rings. The van der Waals surface area contributed by atoms with Crippen molar-refractivity contribution >= 4 is 69.1 Å². The average Bonchev–Trinajstić information content (AvgIpc) is 3.44. The molecule has 9 nitrogen and oxygen atoms in total. The summed E-state index contributed by atoms with van der Waals surface area (Å²) in [6.07, 6.45) is 11.0. The molecule has 0 atom stereocenters. The summed E-state index contributed by atoms with van der Waals surface area (Å²) in [7, 11) is 0. The fraction of sp³-hybridized carbons (Fsp3) is 0.630. The summed E-state index contributed by atoms with van der Waals surface area (Å²) in [5.41, 5.74) is 3.24. The minimum Gasteiger partial charge on any atom is -0.379 e. The van der Waals surface area contributed by atoms with Crippen molar-refractivity contribution in [2.75, 3.05) is 32.8 Å². The molecule has 218 valence electrons. The molecule has 2 aliphatic rings. The summed E-state index contributed by atoms with van der Waals surface area (Å²) in [6, 6.07) is 0. The van der Waals surface area contributed by atoms with Crippen molar-refractivity contribution in [3.63, 3.8) is 0 Å². The standard InChI is InChI=1S/C20H31Cl2N5O.C7H5Cl2N3/c1-16-23-19-17(18(21)24-20(22)25-19)27(16)11-9-7-5-3-2-4-6-8-10-26-12-14-28-15-13-26;1-3-2-4-5(8)11-7(9)12-6(4)10-3/h2-15H2,1H3;2H2,1H3. The normalized spacial score (nSPS) is 15.2. The number of unbranched alkanes of at least 4 members (excludes halogenated alkanes) is 7. The van der Waals surface area contributed by atoms with Crippen LogP contribution in [-0.2, 0) is 17.7 Å². The summed E-state index contributed by atoms with van der Waals surface area (Å²) in [6.45, 7) is 10.1. The van der Waals surface area contributed by atoms with Gasteiger partial charge < -0.3 is 9.30 Å². The predicted octanol–water partition coefficient (Wildman–Crippen LogP) is 7.33. The van der Waals surface area contributed by atoms with Crippen LogP contribution in [0.1, 0.15) is 69.7 Å². The first-order valence-corrected chi connectivity index (χ1v) is 15.4. The monoisotopic (exact) mass is 628 g/mol. The lowest BCUT2D eigenvalue weighted by atomic mass is 10.1. The molecule has 0 radical (unpaired) electrons. The zero-order valence-corrected chi connectivity index (χ0v) is 26.1. The minimum atomic E-state index is 0.145. The fourth-order valence-electron chi connectivity index (χ4n) is 4.98. The van der Waals surface area contributed by atoms with E-state index < -0.39 is 0 Å². The predicted molar refractivity (Wildman–Crippen MR) is 163 cm³/mol. The number of rotatable bonds is 11. The molecule has 3 aromatic heterocycles. The van der Waals surface area contributed by atoms with Gasteiger partial charge >= 0.3 is 0 Å². The van der Waals surface area contributed by atoms with E-state index >= 15 is 0 Å². The van der Waals surface area contributed by atoms with Crippen LogP contribution in [0.2, 0.25) is 20.9 Å². The van der Waals surface area contributed by atoms with Crippen LogP contribution in [0.4, 0.5) is 5.82 Å². The van der Waals surface area contributed by atoms with Crippen LogP contribution in [0, 0.1) is 6.92 Å². The Bertz CT molecular complexity index is 1310. The summed E-state index contributed by atoms with van der Waals surface area (Å²) in [5.74, 6) is 1.52. The molecular weight excluding hydrogens is 594 g/mol. The molecule has 0 saturated carbocycles. The van der Waals surface area contributed by atoms with Gasteiger partial charge in [0, 0.05) is 37.3 Å². The number of hydrogen-bond acceptors (Lipinski definition) is 8. The van der Waals surface area contributed by atoms with Gasteiger partial charge in [-0.05, 0) is 56.4 Å². The van der Waals surface area contributed by atoms with Gasteiger partial charge in [0.05, 0.1) is 13.2 Å². The Morgan fingerprint density at radius 2 is 1.30 bits per heavy atom. The van der Waals surface area contributed by atoms with Gasteiger partial charge in [-0.1, -0.05) is 61.7 Å². The highest BCUT2D eigenvalue weighted by molar-refractivity contribution is 6.35. The minimum absolute atomic E-state index is 0.145. The summed E-state index contributed by atoms with van der Waals surface area (Å²) in [5, 5.41) is 1.09. The van der Waals surface area contributed by atoms with E-state index in [1.54, 1.807) is 0 Å². The molecule has 5 heterocycles. The van der Waals surface area contributed by atoms with Crippen molar-refractivity contribution in [3.05, 3.63) is 32.3 Å². The van der Waals surface area contributed by atoms with Crippen molar-refractivity contribution in [3.8, 4) is 0 Å². The third-order valence-electron chi connectivity index (χ3n) is 7.07. The number of nitrogens with zero attached hydrogens (tertiary/aromatic N) is 8. The van der Waals surface area contributed by atoms with E-state index in [2.05, 4.69) is 39.4 Å². The SMILES string of the molecule is CC1=Nc2nc(Cl)nc(Cl)c2C1.Cc1nc2nc(Cl)nc(Cl)c2n1CCCCCCCCCCN1CCOCC1. The number of morpholine rings is 1. The van der Waals surface area contributed by atoms with Crippen molar-refractivity contribution in [1.29, 1.82) is 0 Å². The van der Waals surface area contributed by atoms with E-state index in [4.69, 9.17) is 51.1 Å². The number of aromatic nitrogens is 6. The summed E-state index contributed by atoms with van der Waals surface area (Å²) in [4.78, 5) is 27.1. The number of aryl methyl sites for hydroxylation is 2. The zero-order chi connectivity index (χ0) is 28.5. The van der Waals surface area contributed by atoms with Crippen LogP contribution in [0.5, 0.6) is 0 Å². The second-order valence-corrected chi connectivity index (χ2v) is 11.6. The zero-order valence-electron chi connectivity index (χ0n) is 23.1. The van der Waals surface area contributed by atoms with E-state index in [9.17, 15) is 0 Å². The van der Waals surface area contributed by atoms with Gasteiger partial charge in [-0.25, -0.2) is 19.9 Å². The van der Waals surface area contributed by atoms with Crippen molar-refractivity contribution < 1.29 is 4.74 Å². The average molecular weight is 630 g/mol. The van der Waals surface area contributed by atoms with E-state index in [1.165, 1.54) is 51.5 Å². The van der Waals surface area contributed by atoms with Crippen molar-refractivity contribution in [2.45, 2.75) is 78.2 Å². The van der Waals surface area contributed by atoms with Gasteiger partial charge in [-0.3, -0.25) is 4.90 Å². The maximum Gasteiger partial charge on any atom is 0.225 e. The maximum absolute atomic E-state index is 6.25. The molecule has 0 unspecified atom stereocenters. The molecule has 0 aromatic carbocycles. The van der Waals surface area contributed by atoms with E-state index in [0.717, 1.165) is 68.3 Å². The number of fused-ring (bicyclic) bond motifs is 2. The molecular formula is C27H36Cl4N8O. The van der Waals surface area contributed by atoms with E-state index in [-0.39, 0.29) is 10.6 Å². The molecule has 2 aliphatic heterocycles. The molecule has 13 heteroatoms. The molecule has 0 spiro atoms. The van der Waals surface area contributed by atoms with Gasteiger partial charge in [0.1, 0.15) is 16.5 Å². The van der Waals surface area contributed by atoms with E-state index in [1.807, 2.05) is 13.8 Å². The molecule has 1 fully saturated rings. The Labute approximate surface area is 255 Å². The third kappa shape index (κ3) is 8.94. The number of halogens is 4. The van der Waals surface area contributed by atoms with Crippen LogP contribution in [-0.4, -0.2) is 72.9 Å². The molecule has 0 bridgehead atoms. The van der Waals surface area contributed by atoms with Crippen LogP contribution >= 0.6 is 46.4 Å². The Morgan fingerprint density at radius 1 is 0.700 bits per heavy atom. The molecule has 0 amide bonds. The Kier molecular flexibility index (Phi) is 12.2. The van der Waals surface area contributed by atoms with Gasteiger partial charge in [-0.2, -0.15) is 9.97 Å². The molecule has 0 N–H and O–H groups in total. The molecule has 0 aliphatic carbocycles. The van der Waals surface area contributed by atoms with Crippen molar-refractivity contribution in [2.24, 2.45) is 4.99 Å². The third-order valence-corrected chi connectivity index (χ3v) is 7.98. The quantitative estimate of drug-likeness (QED) is 0.124. The summed E-state index contributed by atoms with van der Waals surface area (Å²) >= 11 is 23.5. The number of hydrogen-bond donors (Lipinski definition) is 0. The van der Waals surface area contributed by atoms with Crippen molar-refractivity contribution in [1.82, 2.24) is 34.4 Å². The Balaban J connectivity index is 0.000000255. The molecule has 1 saturated heterocycles. The van der Waals surface area contributed by atoms with Crippen LogP contribution in [0.15, 0.2) is 4.99 Å². The van der Waals surface area contributed by atoms with Crippen LogP contribution < -0.4 is 0 Å². The largest absolute Gasteiger partial charge is 0.379 e. The Hall–Kier alpha value is -1.62. The first-order chi connectivity index (χ1) is 19.3. The highest BCUT2D eigenvalue weighted by Gasteiger charge is 2.18. The summed E-state index contributed by atoms with van der Waals surface area (Å²) < 4.78 is 7.50. The topological polar surface area (TPSA) is 94.2 Å². The number of ether oxygens (including phenoxy) is 1. The van der Waals surface area contributed by atoms with Crippen LogP contribution in [0.3, 0.4) is 0 Å². The lowest BCUT2D eigenvalue weighted by Gasteiger charge is -2.26. The van der Waals surface area contributed by atoms with Gasteiger partial charge in [-0.15, -0.1) is 0 Å². The lowest BCUT2D eigenvalue weighted by Crippen LogP contribution is -2.36. The number of imidazole rings is 1. The van der Waals surface area contributed by atoms with E-state index in [0.29, 0.717) is 21.8 Å². The molecule has 5 rings (SSSR count). The Morgan fingerprint density at radius 3 is 2.00 bits per heavy atom. The fourth-order valence-corrected chi connectivity index (χ4v) is 5.90. The highest BCUT2D eigenvalue weighted by Crippen LogP contribution is 2.30. The number of aliphatic imine (C=N–C) groups is 1. The highest BCUT2D eigenvalue weighted by atomic mass is 35.5. The molecule has 40 heavy (non-hydrogen) atoms. The maximum atomic E-state index is 6.25. The van der Waals surface area contributed by atoms with Gasteiger partial charge in [0.15, 0.2) is 16.6 Å². The van der Waals surface area contributed by atoms with Gasteiger partial charge in [0.25, 0.3) is 0 Å².